The van der Waals surface area contributed by atoms with Gasteiger partial charge in [-0.3, -0.25) is 0 Å². The summed E-state index contributed by atoms with van der Waals surface area (Å²) < 4.78 is 6.11. The summed E-state index contributed by atoms with van der Waals surface area (Å²) in [6.45, 7) is 0. The molecule has 0 bridgehead atoms. The van der Waals surface area contributed by atoms with E-state index in [-0.39, 0.29) is 6.04 Å². The summed E-state index contributed by atoms with van der Waals surface area (Å²) in [7, 11) is 0. The minimum Gasteiger partial charge on any atom is -0.453 e. The third kappa shape index (κ3) is 2.45. The lowest BCUT2D eigenvalue weighted by Crippen LogP contribution is -2.12. The van der Waals surface area contributed by atoms with Gasteiger partial charge in [0, 0.05) is 27.4 Å². The third-order valence-electron chi connectivity index (χ3n) is 2.14. The van der Waals surface area contributed by atoms with Crippen LogP contribution in [0.1, 0.15) is 16.5 Å². The van der Waals surface area contributed by atoms with Crippen LogP contribution in [0.25, 0.3) is 0 Å². The van der Waals surface area contributed by atoms with Crippen LogP contribution in [0.5, 0.6) is 0 Å². The van der Waals surface area contributed by atoms with E-state index < -0.39 is 0 Å². The SMILES string of the molecule is NC(Cc1sccc1Br)c1ccoc1Cl. The third-order valence-corrected chi connectivity index (χ3v) is 4.40. The van der Waals surface area contributed by atoms with Gasteiger partial charge in [-0.15, -0.1) is 11.3 Å². The molecule has 1 atom stereocenters. The molecule has 0 aliphatic rings. The van der Waals surface area contributed by atoms with Crippen LogP contribution in [0.3, 0.4) is 0 Å². The molecule has 2 aromatic heterocycles. The van der Waals surface area contributed by atoms with Crippen molar-refractivity contribution in [2.75, 3.05) is 0 Å². The number of hydrogen-bond acceptors (Lipinski definition) is 3. The van der Waals surface area contributed by atoms with Gasteiger partial charge < -0.3 is 10.2 Å². The molecule has 15 heavy (non-hydrogen) atoms. The smallest absolute Gasteiger partial charge is 0.197 e. The summed E-state index contributed by atoms with van der Waals surface area (Å²) in [5.41, 5.74) is 6.90. The highest BCUT2D eigenvalue weighted by Gasteiger charge is 2.15. The molecule has 2 rings (SSSR count). The number of halogens is 2. The van der Waals surface area contributed by atoms with Gasteiger partial charge in [0.15, 0.2) is 5.22 Å². The lowest BCUT2D eigenvalue weighted by Gasteiger charge is -2.08. The molecule has 0 aliphatic heterocycles. The monoisotopic (exact) mass is 305 g/mol. The maximum atomic E-state index is 6.04. The molecule has 80 valence electrons. The summed E-state index contributed by atoms with van der Waals surface area (Å²) in [6.07, 6.45) is 2.32. The molecule has 2 N–H and O–H groups in total. The van der Waals surface area contributed by atoms with Crippen LogP contribution in [0, 0.1) is 0 Å². The molecule has 0 radical (unpaired) electrons. The summed E-state index contributed by atoms with van der Waals surface area (Å²) in [4.78, 5) is 1.22. The standard InChI is InChI=1S/C10H9BrClNOS/c11-7-2-4-15-9(7)5-8(13)6-1-3-14-10(6)12/h1-4,8H,5,13H2. The first kappa shape index (κ1) is 11.2. The lowest BCUT2D eigenvalue weighted by molar-refractivity contribution is 0.560. The fourth-order valence-corrected chi connectivity index (χ4v) is 3.18. The number of rotatable bonds is 3. The van der Waals surface area contributed by atoms with Crippen molar-refractivity contribution in [3.63, 3.8) is 0 Å². The zero-order valence-electron chi connectivity index (χ0n) is 7.74. The van der Waals surface area contributed by atoms with E-state index in [2.05, 4.69) is 15.9 Å². The van der Waals surface area contributed by atoms with Crippen LogP contribution >= 0.6 is 38.9 Å². The molecular formula is C10H9BrClNOS. The molecule has 2 nitrogen and oxygen atoms in total. The van der Waals surface area contributed by atoms with Crippen molar-refractivity contribution in [2.45, 2.75) is 12.5 Å². The van der Waals surface area contributed by atoms with Crippen LogP contribution in [0.2, 0.25) is 5.22 Å². The van der Waals surface area contributed by atoms with E-state index in [1.165, 1.54) is 4.88 Å². The molecule has 0 saturated carbocycles. The van der Waals surface area contributed by atoms with Gasteiger partial charge in [-0.1, -0.05) is 0 Å². The Kier molecular flexibility index (Phi) is 3.51. The summed E-state index contributed by atoms with van der Waals surface area (Å²) in [6, 6.07) is 3.71. The Hall–Kier alpha value is -0.290. The highest BCUT2D eigenvalue weighted by Crippen LogP contribution is 2.30. The van der Waals surface area contributed by atoms with Crippen LogP contribution in [-0.4, -0.2) is 0 Å². The van der Waals surface area contributed by atoms with Crippen molar-refractivity contribution in [3.8, 4) is 0 Å². The molecule has 0 aliphatic carbocycles. The Morgan fingerprint density at radius 3 is 2.87 bits per heavy atom. The fourth-order valence-electron chi connectivity index (χ4n) is 1.35. The lowest BCUT2D eigenvalue weighted by atomic mass is 10.1. The average molecular weight is 307 g/mol. The molecule has 1 unspecified atom stereocenters. The minimum absolute atomic E-state index is 0.119. The number of furan rings is 1. The quantitative estimate of drug-likeness (QED) is 0.931. The molecule has 0 fully saturated rings. The zero-order chi connectivity index (χ0) is 10.8. The van der Waals surface area contributed by atoms with Crippen LogP contribution < -0.4 is 5.73 Å². The largest absolute Gasteiger partial charge is 0.453 e. The van der Waals surface area contributed by atoms with Crippen LogP contribution in [-0.2, 0) is 6.42 Å². The highest BCUT2D eigenvalue weighted by molar-refractivity contribution is 9.10. The van der Waals surface area contributed by atoms with Gasteiger partial charge >= 0.3 is 0 Å². The van der Waals surface area contributed by atoms with Crippen LogP contribution in [0.15, 0.2) is 32.7 Å². The van der Waals surface area contributed by atoms with E-state index in [4.69, 9.17) is 21.8 Å². The Morgan fingerprint density at radius 1 is 1.53 bits per heavy atom. The van der Waals surface area contributed by atoms with E-state index in [1.54, 1.807) is 17.6 Å². The van der Waals surface area contributed by atoms with Crippen molar-refractivity contribution < 1.29 is 4.42 Å². The maximum absolute atomic E-state index is 6.04. The van der Waals surface area contributed by atoms with Crippen LogP contribution in [0.4, 0.5) is 0 Å². The Balaban J connectivity index is 2.14. The van der Waals surface area contributed by atoms with Gasteiger partial charge in [-0.25, -0.2) is 0 Å². The Labute approximate surface area is 105 Å². The van der Waals surface area contributed by atoms with Crippen molar-refractivity contribution in [2.24, 2.45) is 5.73 Å². The maximum Gasteiger partial charge on any atom is 0.197 e. The topological polar surface area (TPSA) is 39.2 Å². The summed E-state index contributed by atoms with van der Waals surface area (Å²) >= 11 is 11.0. The Morgan fingerprint density at radius 2 is 2.33 bits per heavy atom. The van der Waals surface area contributed by atoms with E-state index in [1.807, 2.05) is 17.5 Å². The zero-order valence-corrected chi connectivity index (χ0v) is 10.9. The Bertz CT molecular complexity index is 454. The number of nitrogens with two attached hydrogens (primary N) is 1. The van der Waals surface area contributed by atoms with Gasteiger partial charge in [0.2, 0.25) is 0 Å². The number of thiophene rings is 1. The highest BCUT2D eigenvalue weighted by atomic mass is 79.9. The number of hydrogen-bond donors (Lipinski definition) is 1. The average Bonchev–Trinajstić information content (AvgIpc) is 2.76. The predicted octanol–water partition coefficient (Wildman–Crippen LogP) is 4.00. The second kappa shape index (κ2) is 4.70. The normalized spacial score (nSPS) is 13.0. The molecule has 2 aromatic rings. The van der Waals surface area contributed by atoms with E-state index in [9.17, 15) is 0 Å². The molecule has 0 saturated heterocycles. The second-order valence-corrected chi connectivity index (χ2v) is 5.35. The second-order valence-electron chi connectivity index (χ2n) is 3.15. The molecular weight excluding hydrogens is 298 g/mol. The van der Waals surface area contributed by atoms with Crippen molar-refractivity contribution in [1.29, 1.82) is 0 Å². The van der Waals surface area contributed by atoms with Gasteiger partial charge in [-0.05, 0) is 45.0 Å². The van der Waals surface area contributed by atoms with Gasteiger partial charge in [0.1, 0.15) is 0 Å². The van der Waals surface area contributed by atoms with E-state index >= 15 is 0 Å². The first-order valence-corrected chi connectivity index (χ1v) is 6.44. The summed E-state index contributed by atoms with van der Waals surface area (Å²) in [5.74, 6) is 0. The molecule has 5 heteroatoms. The van der Waals surface area contributed by atoms with Crippen molar-refractivity contribution >= 4 is 38.9 Å². The molecule has 0 spiro atoms. The molecule has 0 aromatic carbocycles. The first-order valence-electron chi connectivity index (χ1n) is 4.39. The minimum atomic E-state index is -0.119. The first-order chi connectivity index (χ1) is 7.18. The van der Waals surface area contributed by atoms with Crippen molar-refractivity contribution in [3.05, 3.63) is 43.9 Å². The van der Waals surface area contributed by atoms with Gasteiger partial charge in [-0.2, -0.15) is 0 Å². The summed E-state index contributed by atoms with van der Waals surface area (Å²) in [5, 5.41) is 2.42. The molecule has 0 amide bonds. The van der Waals surface area contributed by atoms with E-state index in [0.717, 1.165) is 16.5 Å². The van der Waals surface area contributed by atoms with Gasteiger partial charge in [0.05, 0.1) is 6.26 Å². The molecule has 2 heterocycles. The fraction of sp³-hybridized carbons (Fsp3) is 0.200. The van der Waals surface area contributed by atoms with Crippen molar-refractivity contribution in [1.82, 2.24) is 0 Å². The van der Waals surface area contributed by atoms with Gasteiger partial charge in [0.25, 0.3) is 0 Å². The predicted molar refractivity (Wildman–Crippen MR) is 66.4 cm³/mol. The van der Waals surface area contributed by atoms with E-state index in [0.29, 0.717) is 5.22 Å².